The Morgan fingerprint density at radius 3 is 2.33 bits per heavy atom. The maximum atomic E-state index is 11.6. The van der Waals surface area contributed by atoms with Gasteiger partial charge in [0.15, 0.2) is 0 Å². The molecule has 1 aliphatic carbocycles. The van der Waals surface area contributed by atoms with Crippen molar-refractivity contribution in [3.63, 3.8) is 0 Å². The van der Waals surface area contributed by atoms with Crippen molar-refractivity contribution in [2.24, 2.45) is 10.8 Å². The molecule has 0 atom stereocenters. The molecule has 0 heterocycles. The van der Waals surface area contributed by atoms with E-state index in [4.69, 9.17) is 0 Å². The lowest BCUT2D eigenvalue weighted by atomic mass is 9.63. The number of benzene rings is 1. The van der Waals surface area contributed by atoms with Crippen molar-refractivity contribution in [2.75, 3.05) is 12.4 Å². The van der Waals surface area contributed by atoms with Crippen LogP contribution in [0.25, 0.3) is 0 Å². The number of nitrogens with zero attached hydrogens (tertiary/aromatic N) is 1. The highest BCUT2D eigenvalue weighted by atomic mass is 16.6. The molecule has 24 heavy (non-hydrogen) atoms. The summed E-state index contributed by atoms with van der Waals surface area (Å²) >= 11 is 0. The van der Waals surface area contributed by atoms with E-state index < -0.39 is 10.9 Å². The fraction of sp³-hybridized carbons (Fsp3) is 0.611. The lowest BCUT2D eigenvalue weighted by Crippen LogP contribution is -2.40. The Hall–Kier alpha value is -2.11. The minimum atomic E-state index is -0.579. The lowest BCUT2D eigenvalue weighted by Gasteiger charge is -2.45. The van der Waals surface area contributed by atoms with Crippen LogP contribution < -0.4 is 5.32 Å². The van der Waals surface area contributed by atoms with Crippen LogP contribution >= 0.6 is 0 Å². The SMILES string of the molecule is COC(=O)c1ccc(NC2CC(C)(C)CC(C)(C)C2)c([N+](=O)[O-])c1. The summed E-state index contributed by atoms with van der Waals surface area (Å²) in [4.78, 5) is 22.5. The molecule has 132 valence electrons. The van der Waals surface area contributed by atoms with Gasteiger partial charge in [-0.2, -0.15) is 0 Å². The summed E-state index contributed by atoms with van der Waals surface area (Å²) in [7, 11) is 1.26. The predicted octanol–water partition coefficient (Wildman–Crippen LogP) is 4.40. The molecule has 0 spiro atoms. The molecule has 0 bridgehead atoms. The van der Waals surface area contributed by atoms with Gasteiger partial charge < -0.3 is 10.1 Å². The molecule has 1 saturated carbocycles. The number of esters is 1. The van der Waals surface area contributed by atoms with Gasteiger partial charge in [-0.1, -0.05) is 27.7 Å². The number of nitro benzene ring substituents is 1. The molecule has 1 aromatic carbocycles. The van der Waals surface area contributed by atoms with E-state index >= 15 is 0 Å². The minimum Gasteiger partial charge on any atom is -0.465 e. The van der Waals surface area contributed by atoms with Crippen molar-refractivity contribution >= 4 is 17.3 Å². The van der Waals surface area contributed by atoms with Gasteiger partial charge in [0.1, 0.15) is 5.69 Å². The van der Waals surface area contributed by atoms with Crippen LogP contribution in [0.3, 0.4) is 0 Å². The largest absolute Gasteiger partial charge is 0.465 e. The summed E-state index contributed by atoms with van der Waals surface area (Å²) < 4.78 is 4.63. The minimum absolute atomic E-state index is 0.0981. The number of ether oxygens (including phenoxy) is 1. The Kier molecular flexibility index (Phi) is 4.87. The number of nitrogens with one attached hydrogen (secondary N) is 1. The quantitative estimate of drug-likeness (QED) is 0.501. The first-order valence-corrected chi connectivity index (χ1v) is 8.16. The molecule has 0 aromatic heterocycles. The van der Waals surface area contributed by atoms with Crippen molar-refractivity contribution in [2.45, 2.75) is 53.0 Å². The van der Waals surface area contributed by atoms with Crippen molar-refractivity contribution in [3.05, 3.63) is 33.9 Å². The molecule has 1 fully saturated rings. The Morgan fingerprint density at radius 1 is 1.25 bits per heavy atom. The van der Waals surface area contributed by atoms with E-state index in [1.54, 1.807) is 12.1 Å². The van der Waals surface area contributed by atoms with Gasteiger partial charge in [-0.15, -0.1) is 0 Å². The highest BCUT2D eigenvalue weighted by Gasteiger charge is 2.38. The number of nitro groups is 1. The number of methoxy groups -OCH3 is 1. The summed E-state index contributed by atoms with van der Waals surface area (Å²) in [5, 5.41) is 14.7. The zero-order chi connectivity index (χ0) is 18.1. The number of carbonyl (C=O) groups excluding carboxylic acids is 1. The first-order valence-electron chi connectivity index (χ1n) is 8.16. The predicted molar refractivity (Wildman–Crippen MR) is 93.3 cm³/mol. The first-order chi connectivity index (χ1) is 11.0. The van der Waals surface area contributed by atoms with Gasteiger partial charge in [0, 0.05) is 12.1 Å². The number of rotatable bonds is 4. The zero-order valence-electron chi connectivity index (χ0n) is 15.0. The Bertz CT molecular complexity index is 636. The molecule has 1 aromatic rings. The van der Waals surface area contributed by atoms with Gasteiger partial charge in [0.25, 0.3) is 5.69 Å². The second kappa shape index (κ2) is 6.42. The van der Waals surface area contributed by atoms with E-state index in [0.717, 1.165) is 19.3 Å². The molecule has 2 rings (SSSR count). The number of carbonyl (C=O) groups is 1. The van der Waals surface area contributed by atoms with E-state index in [0.29, 0.717) is 5.69 Å². The molecule has 1 aliphatic rings. The second-order valence-electron chi connectivity index (χ2n) is 8.24. The third kappa shape index (κ3) is 4.24. The second-order valence-corrected chi connectivity index (χ2v) is 8.24. The highest BCUT2D eigenvalue weighted by Crippen LogP contribution is 2.46. The highest BCUT2D eigenvalue weighted by molar-refractivity contribution is 5.91. The molecule has 6 heteroatoms. The van der Waals surface area contributed by atoms with Crippen LogP contribution in [0.1, 0.15) is 57.3 Å². The molecule has 0 aliphatic heterocycles. The maximum absolute atomic E-state index is 11.6. The summed E-state index contributed by atoms with van der Waals surface area (Å²) in [5.41, 5.74) is 0.893. The Morgan fingerprint density at radius 2 is 1.83 bits per heavy atom. The molecule has 6 nitrogen and oxygen atoms in total. The van der Waals surface area contributed by atoms with Crippen molar-refractivity contribution in [1.29, 1.82) is 0 Å². The van der Waals surface area contributed by atoms with E-state index in [1.807, 2.05) is 0 Å². The fourth-order valence-electron chi connectivity index (χ4n) is 4.22. The molecule has 0 amide bonds. The molecule has 0 saturated heterocycles. The van der Waals surface area contributed by atoms with Crippen molar-refractivity contribution in [3.8, 4) is 0 Å². The van der Waals surface area contributed by atoms with Crippen LogP contribution in [0.4, 0.5) is 11.4 Å². The summed E-state index contributed by atoms with van der Waals surface area (Å²) in [6.07, 6.45) is 3.03. The first kappa shape index (κ1) is 18.2. The third-order valence-electron chi connectivity index (χ3n) is 4.53. The van der Waals surface area contributed by atoms with Crippen LogP contribution in [0.2, 0.25) is 0 Å². The van der Waals surface area contributed by atoms with Gasteiger partial charge in [-0.25, -0.2) is 4.79 Å². The van der Waals surface area contributed by atoms with Gasteiger partial charge in [-0.3, -0.25) is 10.1 Å². The molecular formula is C18H26N2O4. The summed E-state index contributed by atoms with van der Waals surface area (Å²) in [6.45, 7) is 8.93. The molecule has 0 radical (unpaired) electrons. The monoisotopic (exact) mass is 334 g/mol. The van der Waals surface area contributed by atoms with Gasteiger partial charge in [0.2, 0.25) is 0 Å². The Balaban J connectivity index is 2.29. The smallest absolute Gasteiger partial charge is 0.338 e. The lowest BCUT2D eigenvalue weighted by molar-refractivity contribution is -0.384. The Labute approximate surface area is 142 Å². The van der Waals surface area contributed by atoms with E-state index in [9.17, 15) is 14.9 Å². The number of hydrogen-bond donors (Lipinski definition) is 1. The standard InChI is InChI=1S/C18H26N2O4/c1-17(2)9-13(10-18(3,4)11-17)19-14-7-6-12(16(21)24-5)8-15(14)20(22)23/h6-8,13,19H,9-11H2,1-5H3. The van der Waals surface area contributed by atoms with Crippen LogP contribution in [0.5, 0.6) is 0 Å². The third-order valence-corrected chi connectivity index (χ3v) is 4.53. The molecular weight excluding hydrogens is 308 g/mol. The van der Waals surface area contributed by atoms with Crippen LogP contribution in [-0.2, 0) is 4.74 Å². The van der Waals surface area contributed by atoms with Crippen molar-refractivity contribution < 1.29 is 14.5 Å². The van der Waals surface area contributed by atoms with Gasteiger partial charge in [0.05, 0.1) is 17.6 Å². The summed E-state index contributed by atoms with van der Waals surface area (Å²) in [6, 6.07) is 4.58. The van der Waals surface area contributed by atoms with Crippen LogP contribution in [0.15, 0.2) is 18.2 Å². The summed E-state index contributed by atoms with van der Waals surface area (Å²) in [5.74, 6) is -0.579. The van der Waals surface area contributed by atoms with Crippen LogP contribution in [0, 0.1) is 20.9 Å². The van der Waals surface area contributed by atoms with E-state index in [-0.39, 0.29) is 28.1 Å². The van der Waals surface area contributed by atoms with E-state index in [2.05, 4.69) is 37.7 Å². The topological polar surface area (TPSA) is 81.5 Å². The molecule has 1 N–H and O–H groups in total. The zero-order valence-corrected chi connectivity index (χ0v) is 15.0. The average Bonchev–Trinajstić information content (AvgIpc) is 2.43. The van der Waals surface area contributed by atoms with Crippen LogP contribution in [-0.4, -0.2) is 24.0 Å². The van der Waals surface area contributed by atoms with Gasteiger partial charge in [-0.05, 0) is 42.2 Å². The number of anilines is 1. The van der Waals surface area contributed by atoms with Gasteiger partial charge >= 0.3 is 5.97 Å². The maximum Gasteiger partial charge on any atom is 0.338 e. The van der Waals surface area contributed by atoms with E-state index in [1.165, 1.54) is 13.2 Å². The molecule has 0 unspecified atom stereocenters. The normalized spacial score (nSPS) is 19.5. The number of hydrogen-bond acceptors (Lipinski definition) is 5. The van der Waals surface area contributed by atoms with Crippen molar-refractivity contribution in [1.82, 2.24) is 0 Å². The average molecular weight is 334 g/mol. The fourth-order valence-corrected chi connectivity index (χ4v) is 4.22.